The first-order chi connectivity index (χ1) is 15.8. The van der Waals surface area contributed by atoms with Gasteiger partial charge in [0.15, 0.2) is 0 Å². The number of alkyl halides is 3. The van der Waals surface area contributed by atoms with Crippen molar-refractivity contribution in [2.75, 3.05) is 7.11 Å². The van der Waals surface area contributed by atoms with E-state index in [9.17, 15) is 18.0 Å². The molecule has 0 heterocycles. The molecule has 0 bridgehead atoms. The van der Waals surface area contributed by atoms with Crippen LogP contribution in [-0.2, 0) is 28.5 Å². The molecule has 0 radical (unpaired) electrons. The highest BCUT2D eigenvalue weighted by molar-refractivity contribution is 5.69. The second-order valence-corrected chi connectivity index (χ2v) is 7.83. The number of carbonyl (C=O) groups excluding carboxylic acids is 1. The molecule has 33 heavy (non-hydrogen) atoms. The van der Waals surface area contributed by atoms with E-state index >= 15 is 0 Å². The lowest BCUT2D eigenvalue weighted by Crippen LogP contribution is -2.09. The second kappa shape index (κ2) is 9.57. The molecular formula is C26H23F3O4. The third-order valence-corrected chi connectivity index (χ3v) is 5.58. The Morgan fingerprint density at radius 1 is 1.00 bits per heavy atom. The predicted molar refractivity (Wildman–Crippen MR) is 116 cm³/mol. The van der Waals surface area contributed by atoms with E-state index < -0.39 is 11.7 Å². The van der Waals surface area contributed by atoms with Gasteiger partial charge in [-0.15, -0.1) is 0 Å². The third-order valence-electron chi connectivity index (χ3n) is 5.58. The fourth-order valence-corrected chi connectivity index (χ4v) is 3.94. The fraction of sp³-hybridized carbons (Fsp3) is 0.269. The first kappa shape index (κ1) is 22.7. The third kappa shape index (κ3) is 5.48. The molecule has 0 aliphatic heterocycles. The van der Waals surface area contributed by atoms with Gasteiger partial charge in [0.1, 0.15) is 28.9 Å². The minimum atomic E-state index is -4.62. The monoisotopic (exact) mass is 456 g/mol. The van der Waals surface area contributed by atoms with Gasteiger partial charge < -0.3 is 14.2 Å². The number of methoxy groups -OCH3 is 1. The second-order valence-electron chi connectivity index (χ2n) is 7.83. The summed E-state index contributed by atoms with van der Waals surface area (Å²) in [4.78, 5) is 11.3. The summed E-state index contributed by atoms with van der Waals surface area (Å²) in [6, 6.07) is 18.2. The Bertz CT molecular complexity index is 1140. The van der Waals surface area contributed by atoms with Crippen LogP contribution in [0.15, 0.2) is 66.7 Å². The largest absolute Gasteiger partial charge is 0.486 e. The number of benzene rings is 3. The fourth-order valence-electron chi connectivity index (χ4n) is 3.94. The van der Waals surface area contributed by atoms with Gasteiger partial charge in [0.25, 0.3) is 0 Å². The summed E-state index contributed by atoms with van der Waals surface area (Å²) in [6.45, 7) is 0. The Balaban J connectivity index is 1.54. The van der Waals surface area contributed by atoms with Crippen molar-refractivity contribution in [2.45, 2.75) is 38.0 Å². The van der Waals surface area contributed by atoms with Gasteiger partial charge in [0.2, 0.25) is 0 Å². The standard InChI is InChI=1S/C26H23F3O4/c1-31-25(30)14-9-17-5-4-7-19(15-17)33-24-13-11-20(16-22(24)26(27,28)29)32-23-12-10-18-6-2-3-8-21(18)23/h2-8,11,13,15-16,23H,9-10,12,14H2,1H3. The highest BCUT2D eigenvalue weighted by Crippen LogP contribution is 2.42. The number of ether oxygens (including phenoxy) is 3. The number of aryl methyl sites for hydroxylation is 2. The summed E-state index contributed by atoms with van der Waals surface area (Å²) in [5.74, 6) is -0.280. The minimum Gasteiger partial charge on any atom is -0.486 e. The smallest absolute Gasteiger partial charge is 0.420 e. The molecule has 1 aliphatic carbocycles. The van der Waals surface area contributed by atoms with Crippen molar-refractivity contribution in [2.24, 2.45) is 0 Å². The Morgan fingerprint density at radius 3 is 2.61 bits per heavy atom. The Kier molecular flexibility index (Phi) is 6.58. The van der Waals surface area contributed by atoms with Crippen LogP contribution in [0.5, 0.6) is 17.2 Å². The van der Waals surface area contributed by atoms with E-state index in [2.05, 4.69) is 4.74 Å². The summed E-state index contributed by atoms with van der Waals surface area (Å²) in [6.07, 6.45) is -2.78. The molecule has 1 unspecified atom stereocenters. The van der Waals surface area contributed by atoms with Gasteiger partial charge in [-0.1, -0.05) is 36.4 Å². The summed E-state index contributed by atoms with van der Waals surface area (Å²) in [5.41, 5.74) is 2.01. The highest BCUT2D eigenvalue weighted by Gasteiger charge is 2.35. The summed E-state index contributed by atoms with van der Waals surface area (Å²) in [5, 5.41) is 0. The lowest BCUT2D eigenvalue weighted by Gasteiger charge is -2.19. The van der Waals surface area contributed by atoms with Gasteiger partial charge in [-0.25, -0.2) is 0 Å². The van der Waals surface area contributed by atoms with Crippen LogP contribution < -0.4 is 9.47 Å². The van der Waals surface area contributed by atoms with Gasteiger partial charge in [0, 0.05) is 6.42 Å². The quantitative estimate of drug-likeness (QED) is 0.373. The van der Waals surface area contributed by atoms with Crippen LogP contribution in [0.3, 0.4) is 0 Å². The van der Waals surface area contributed by atoms with Crippen LogP contribution in [0.25, 0.3) is 0 Å². The topological polar surface area (TPSA) is 44.8 Å². The van der Waals surface area contributed by atoms with Gasteiger partial charge in [-0.3, -0.25) is 4.79 Å². The minimum absolute atomic E-state index is 0.142. The van der Waals surface area contributed by atoms with Crippen LogP contribution >= 0.6 is 0 Å². The molecule has 0 aromatic heterocycles. The molecule has 4 rings (SSSR count). The van der Waals surface area contributed by atoms with E-state index in [-0.39, 0.29) is 35.7 Å². The molecule has 0 amide bonds. The maximum atomic E-state index is 13.8. The molecule has 3 aromatic carbocycles. The molecular weight excluding hydrogens is 433 g/mol. The molecule has 4 nitrogen and oxygen atoms in total. The average molecular weight is 456 g/mol. The van der Waals surface area contributed by atoms with Crippen LogP contribution in [0.1, 0.15) is 41.2 Å². The summed E-state index contributed by atoms with van der Waals surface area (Å²) < 4.78 is 57.6. The van der Waals surface area contributed by atoms with Crippen molar-refractivity contribution in [3.63, 3.8) is 0 Å². The first-order valence-electron chi connectivity index (χ1n) is 10.6. The molecule has 3 aromatic rings. The molecule has 1 aliphatic rings. The van der Waals surface area contributed by atoms with E-state index in [1.807, 2.05) is 24.3 Å². The van der Waals surface area contributed by atoms with Crippen molar-refractivity contribution in [1.82, 2.24) is 0 Å². The zero-order valence-electron chi connectivity index (χ0n) is 18.0. The van der Waals surface area contributed by atoms with Crippen molar-refractivity contribution in [1.29, 1.82) is 0 Å². The van der Waals surface area contributed by atoms with Gasteiger partial charge in [-0.05, 0) is 66.3 Å². The lowest BCUT2D eigenvalue weighted by atomic mass is 10.1. The predicted octanol–water partition coefficient (Wildman–Crippen LogP) is 6.67. The molecule has 0 fully saturated rings. The zero-order chi connectivity index (χ0) is 23.4. The number of hydrogen-bond donors (Lipinski definition) is 0. The molecule has 0 N–H and O–H groups in total. The van der Waals surface area contributed by atoms with E-state index in [0.29, 0.717) is 6.42 Å². The van der Waals surface area contributed by atoms with Crippen LogP contribution in [-0.4, -0.2) is 13.1 Å². The molecule has 0 spiro atoms. The number of hydrogen-bond acceptors (Lipinski definition) is 4. The number of esters is 1. The Labute approximate surface area is 189 Å². The molecule has 0 saturated heterocycles. The maximum absolute atomic E-state index is 13.8. The van der Waals surface area contributed by atoms with Crippen LogP contribution in [0, 0.1) is 0 Å². The van der Waals surface area contributed by atoms with Gasteiger partial charge in [-0.2, -0.15) is 13.2 Å². The molecule has 7 heteroatoms. The number of fused-ring (bicyclic) bond motifs is 1. The Hall–Kier alpha value is -3.48. The Morgan fingerprint density at radius 2 is 1.82 bits per heavy atom. The molecule has 172 valence electrons. The van der Waals surface area contributed by atoms with Crippen molar-refractivity contribution in [3.05, 3.63) is 89.0 Å². The van der Waals surface area contributed by atoms with Gasteiger partial charge >= 0.3 is 12.1 Å². The van der Waals surface area contributed by atoms with E-state index in [1.54, 1.807) is 24.3 Å². The number of rotatable bonds is 7. The molecule has 0 saturated carbocycles. The van der Waals surface area contributed by atoms with E-state index in [4.69, 9.17) is 9.47 Å². The number of halogens is 3. The summed E-state index contributed by atoms with van der Waals surface area (Å²) >= 11 is 0. The SMILES string of the molecule is COC(=O)CCc1cccc(Oc2ccc(OC3CCc4ccccc43)cc2C(F)(F)F)c1. The van der Waals surface area contributed by atoms with Crippen LogP contribution in [0.4, 0.5) is 13.2 Å². The lowest BCUT2D eigenvalue weighted by molar-refractivity contribution is -0.140. The average Bonchev–Trinajstić information content (AvgIpc) is 3.21. The normalized spacial score (nSPS) is 15.1. The van der Waals surface area contributed by atoms with Crippen LogP contribution in [0.2, 0.25) is 0 Å². The summed E-state index contributed by atoms with van der Waals surface area (Å²) in [7, 11) is 1.30. The zero-order valence-corrected chi connectivity index (χ0v) is 18.0. The van der Waals surface area contributed by atoms with Crippen molar-refractivity contribution < 1.29 is 32.2 Å². The maximum Gasteiger partial charge on any atom is 0.420 e. The van der Waals surface area contributed by atoms with Gasteiger partial charge in [0.05, 0.1) is 7.11 Å². The van der Waals surface area contributed by atoms with Crippen molar-refractivity contribution >= 4 is 5.97 Å². The molecule has 1 atom stereocenters. The first-order valence-corrected chi connectivity index (χ1v) is 10.6. The van der Waals surface area contributed by atoms with E-state index in [0.717, 1.165) is 35.6 Å². The van der Waals surface area contributed by atoms with E-state index in [1.165, 1.54) is 19.2 Å². The number of carbonyl (C=O) groups is 1. The highest BCUT2D eigenvalue weighted by atomic mass is 19.4. The van der Waals surface area contributed by atoms with Crippen molar-refractivity contribution in [3.8, 4) is 17.2 Å².